The van der Waals surface area contributed by atoms with E-state index >= 15 is 0 Å². The Hall–Kier alpha value is -4.39. The van der Waals surface area contributed by atoms with Crippen LogP contribution in [0.4, 0.5) is 0 Å². The molecule has 0 aromatic heterocycles. The zero-order valence-corrected chi connectivity index (χ0v) is 49.5. The van der Waals surface area contributed by atoms with E-state index in [4.69, 9.17) is 72.5 Å². The molecule has 4 heterocycles. The number of carbonyl (C=O) groups excluding carboxylic acids is 5. The maximum Gasteiger partial charge on any atom is 0.335 e. The van der Waals surface area contributed by atoms with Crippen LogP contribution < -0.4 is 0 Å². The van der Waals surface area contributed by atoms with Crippen molar-refractivity contribution >= 4 is 41.9 Å². The number of esters is 3. The van der Waals surface area contributed by atoms with E-state index in [2.05, 4.69) is 0 Å². The normalized spacial score (nSPS) is 37.7. The number of aliphatic hydroxyl groups excluding tert-OH is 4. The number of ether oxygens (including phenoxy) is 11. The molecule has 0 aromatic carbocycles. The molecule has 0 amide bonds. The van der Waals surface area contributed by atoms with Crippen molar-refractivity contribution in [1.82, 2.24) is 4.90 Å². The monoisotopic (exact) mass is 1180 g/mol. The lowest BCUT2D eigenvalue weighted by Crippen LogP contribution is -2.65. The summed E-state index contributed by atoms with van der Waals surface area (Å²) >= 11 is 0. The zero-order chi connectivity index (χ0) is 62.1. The predicted molar refractivity (Wildman–Crippen MR) is 286 cm³/mol. The fourth-order valence-corrected chi connectivity index (χ4v) is 10.6. The topological polar surface area (TPSA) is 366 Å². The number of hydrogen-bond acceptors (Lipinski definition) is 24. The summed E-state index contributed by atoms with van der Waals surface area (Å²) in [5, 5.41) is 67.8. The molecule has 0 saturated carbocycles. The summed E-state index contributed by atoms with van der Waals surface area (Å²) in [5.74, 6) is -8.16. The van der Waals surface area contributed by atoms with Crippen LogP contribution in [0.2, 0.25) is 0 Å². The van der Waals surface area contributed by atoms with E-state index in [9.17, 15) is 48.9 Å². The molecule has 7 N–H and O–H groups in total. The van der Waals surface area contributed by atoms with Gasteiger partial charge in [-0.1, -0.05) is 52.8 Å². The Morgan fingerprint density at radius 2 is 1.43 bits per heavy atom. The molecular weight excluding hydrogens is 1090 g/mol. The number of carbonyl (C=O) groups is 7. The number of hydrogen-bond donors (Lipinski definition) is 7. The van der Waals surface area contributed by atoms with Crippen molar-refractivity contribution < 1.29 is 121 Å². The molecule has 4 aliphatic heterocycles. The number of likely N-dealkylation sites (N-methyl/N-ethyl adjacent to an activating group) is 1. The van der Waals surface area contributed by atoms with E-state index in [1.165, 1.54) is 34.1 Å². The second-order valence-electron chi connectivity index (χ2n) is 22.5. The number of carboxylic acid groups (broad SMARTS) is 2. The first kappa shape index (κ1) is 71.9. The Morgan fingerprint density at radius 1 is 0.829 bits per heavy atom. The molecular formula is C56H91NO25. The third kappa shape index (κ3) is 20.4. The summed E-state index contributed by atoms with van der Waals surface area (Å²) in [6.45, 7) is 16.9. The molecule has 0 radical (unpaired) electrons. The van der Waals surface area contributed by atoms with Crippen molar-refractivity contribution in [3.63, 3.8) is 0 Å². The van der Waals surface area contributed by atoms with Gasteiger partial charge in [-0.2, -0.15) is 0 Å². The van der Waals surface area contributed by atoms with Crippen molar-refractivity contribution in [3.8, 4) is 0 Å². The summed E-state index contributed by atoms with van der Waals surface area (Å²) in [4.78, 5) is 85.7. The van der Waals surface area contributed by atoms with Crippen LogP contribution in [0.15, 0.2) is 24.3 Å². The number of aldehydes is 1. The fraction of sp³-hybridized carbons (Fsp3) is 0.804. The molecule has 0 unspecified atom stereocenters. The minimum absolute atomic E-state index is 0.0413. The SMILES string of the molecule is CC[C@H]1OC(=O)C[C@@H](O)[C@H](C)[C@H](O[C@H]2O[C@H](C)[C@@H](O[C@H]3C[C@@](C)(O)[C@@H](OC(C)=O)[C@H](C)O3)[C@H](N(C)C)[C@@H]2O)[C@@H](CC=O)C[C@@H](C)C(=O)C=CC=C[C@@H]1CO[C@@H]1O[C@H](C)[C@@H](OC(=O)CC(C)C)[C@@H](OC)[C@@H]1OC.O=C(O)[C@H](O)[C@@H](O)C(=O)O. The number of aliphatic carboxylic acids is 2. The van der Waals surface area contributed by atoms with Gasteiger partial charge in [0.05, 0.1) is 49.6 Å². The number of rotatable bonds is 20. The van der Waals surface area contributed by atoms with E-state index in [1.54, 1.807) is 71.8 Å². The number of aliphatic hydroxyl groups is 5. The van der Waals surface area contributed by atoms with Gasteiger partial charge in [0, 0.05) is 58.2 Å². The lowest BCUT2D eigenvalue weighted by atomic mass is 9.79. The molecule has 0 bridgehead atoms. The molecule has 0 aliphatic carbocycles. The molecule has 4 rings (SSSR count). The van der Waals surface area contributed by atoms with Crippen molar-refractivity contribution in [1.29, 1.82) is 0 Å². The van der Waals surface area contributed by atoms with Gasteiger partial charge < -0.3 is 97.5 Å². The highest BCUT2D eigenvalue weighted by molar-refractivity contribution is 5.91. The van der Waals surface area contributed by atoms with Crippen molar-refractivity contribution in [3.05, 3.63) is 24.3 Å². The standard InChI is InChI=1S/C52H85NO19.C4H6O6/c1-15-38-35(26-64-51-48(63-14)47(62-13)46(31(7)67-51)70-39(58)22-27(2)3)18-16-17-19-36(56)28(4)23-34(20-21-54)44(29(5)37(57)24-40(59)69-38)72-50-43(60)42(53(11)12)45(30(6)66-50)71-41-25-52(10,61)49(32(8)65-41)68-33(9)55;5-1(3(7)8)2(6)4(9)10/h16-19,21,27-32,34-35,37-38,41-51,57,60-61H,15,20,22-26H2,1-14H3;1-2,5-6H,(H,7,8)(H,9,10)/t28-,29+,30-,31-,32+,34+,35-,37-,38-,41+,42-,43+,44+,45-,46-,47-,48+,49+,50-,51-,52-;1-,2-/m11/s1. The average molecular weight is 1180 g/mol. The molecule has 26 heteroatoms. The highest BCUT2D eigenvalue weighted by atomic mass is 16.7. The maximum absolute atomic E-state index is 13.9. The van der Waals surface area contributed by atoms with Gasteiger partial charge in [0.15, 0.2) is 49.1 Å². The average Bonchev–Trinajstić information content (AvgIpc) is 3.59. The van der Waals surface area contributed by atoms with E-state index in [-0.39, 0.29) is 44.0 Å². The third-order valence-corrected chi connectivity index (χ3v) is 15.0. The molecule has 82 heavy (non-hydrogen) atoms. The summed E-state index contributed by atoms with van der Waals surface area (Å²) in [6.07, 6.45) is -11.5. The highest BCUT2D eigenvalue weighted by Crippen LogP contribution is 2.38. The minimum atomic E-state index is -2.27. The Balaban J connectivity index is 0.00000160. The molecule has 4 aliphatic rings. The summed E-state index contributed by atoms with van der Waals surface area (Å²) in [5.41, 5.74) is -1.50. The summed E-state index contributed by atoms with van der Waals surface area (Å²) in [6, 6.07) is -0.785. The largest absolute Gasteiger partial charge is 0.479 e. The summed E-state index contributed by atoms with van der Waals surface area (Å²) in [7, 11) is 6.44. The fourth-order valence-electron chi connectivity index (χ4n) is 10.6. The molecule has 3 saturated heterocycles. The van der Waals surface area contributed by atoms with Crippen molar-refractivity contribution in [2.24, 2.45) is 29.6 Å². The van der Waals surface area contributed by atoms with Crippen LogP contribution in [0.25, 0.3) is 0 Å². The highest BCUT2D eigenvalue weighted by Gasteiger charge is 2.53. The number of methoxy groups -OCH3 is 2. The number of ketones is 1. The second-order valence-corrected chi connectivity index (χ2v) is 22.5. The first-order valence-corrected chi connectivity index (χ1v) is 27.7. The lowest BCUT2D eigenvalue weighted by molar-refractivity contribution is -0.342. The Morgan fingerprint density at radius 3 is 1.95 bits per heavy atom. The van der Waals surface area contributed by atoms with Crippen LogP contribution in [0.3, 0.4) is 0 Å². The number of nitrogens with zero attached hydrogens (tertiary/aromatic N) is 1. The number of allylic oxidation sites excluding steroid dienone is 3. The third-order valence-electron chi connectivity index (χ3n) is 15.0. The van der Waals surface area contributed by atoms with Crippen LogP contribution >= 0.6 is 0 Å². The van der Waals surface area contributed by atoms with Gasteiger partial charge >= 0.3 is 29.8 Å². The Bertz CT molecular complexity index is 2100. The first-order valence-electron chi connectivity index (χ1n) is 27.7. The van der Waals surface area contributed by atoms with Gasteiger partial charge in [-0.15, -0.1) is 0 Å². The van der Waals surface area contributed by atoms with Gasteiger partial charge in [-0.3, -0.25) is 19.2 Å². The van der Waals surface area contributed by atoms with Crippen LogP contribution in [0, 0.1) is 29.6 Å². The van der Waals surface area contributed by atoms with E-state index in [1.807, 2.05) is 20.8 Å². The van der Waals surface area contributed by atoms with E-state index in [0.717, 1.165) is 0 Å². The Kier molecular flexibility index (Phi) is 29.2. The van der Waals surface area contributed by atoms with Gasteiger partial charge in [-0.05, 0) is 72.5 Å². The van der Waals surface area contributed by atoms with Crippen molar-refractivity contribution in [2.75, 3.05) is 34.9 Å². The number of cyclic esters (lactones) is 1. The quantitative estimate of drug-likeness (QED) is 0.0516. The molecule has 470 valence electrons. The molecule has 23 atom stereocenters. The lowest BCUT2D eigenvalue weighted by Gasteiger charge is -2.50. The minimum Gasteiger partial charge on any atom is -0.479 e. The second kappa shape index (κ2) is 33.3. The van der Waals surface area contributed by atoms with Crippen LogP contribution in [-0.4, -0.2) is 233 Å². The van der Waals surface area contributed by atoms with Gasteiger partial charge in [0.2, 0.25) is 0 Å². The smallest absolute Gasteiger partial charge is 0.335 e. The van der Waals surface area contributed by atoms with Crippen LogP contribution in [-0.2, 0) is 85.7 Å². The van der Waals surface area contributed by atoms with E-state index in [0.29, 0.717) is 12.7 Å². The van der Waals surface area contributed by atoms with Crippen LogP contribution in [0.1, 0.15) is 108 Å². The van der Waals surface area contributed by atoms with Gasteiger partial charge in [0.25, 0.3) is 0 Å². The molecule has 0 spiro atoms. The summed E-state index contributed by atoms with van der Waals surface area (Å²) < 4.78 is 67.0. The van der Waals surface area contributed by atoms with Gasteiger partial charge in [0.1, 0.15) is 42.4 Å². The molecule has 0 aromatic rings. The zero-order valence-electron chi connectivity index (χ0n) is 49.5. The Labute approximate surface area is 479 Å². The van der Waals surface area contributed by atoms with E-state index < -0.39 is 176 Å². The molecule has 3 fully saturated rings. The molecule has 26 nitrogen and oxygen atoms in total. The first-order chi connectivity index (χ1) is 38.3. The number of carboxylic acids is 2. The van der Waals surface area contributed by atoms with Crippen LogP contribution in [0.5, 0.6) is 0 Å². The van der Waals surface area contributed by atoms with Gasteiger partial charge in [-0.25, -0.2) is 9.59 Å². The maximum atomic E-state index is 13.9. The predicted octanol–water partition coefficient (Wildman–Crippen LogP) is 1.49. The van der Waals surface area contributed by atoms with Crippen molar-refractivity contribution in [2.45, 2.75) is 224 Å².